The van der Waals surface area contributed by atoms with Gasteiger partial charge in [0.2, 0.25) is 0 Å². The molecule has 3 aromatic heterocycles. The second-order valence-electron chi connectivity index (χ2n) is 6.66. The van der Waals surface area contributed by atoms with Crippen molar-refractivity contribution in [2.24, 2.45) is 7.05 Å². The first-order valence-corrected chi connectivity index (χ1v) is 8.79. The van der Waals surface area contributed by atoms with E-state index in [4.69, 9.17) is 0 Å². The summed E-state index contributed by atoms with van der Waals surface area (Å²) in [6, 6.07) is 1.98. The number of aryl methyl sites for hydroxylation is 3. The molecule has 0 bridgehead atoms. The van der Waals surface area contributed by atoms with E-state index in [2.05, 4.69) is 30.5 Å². The van der Waals surface area contributed by atoms with Crippen LogP contribution < -0.4 is 0 Å². The van der Waals surface area contributed by atoms with Crippen LogP contribution in [0.25, 0.3) is 0 Å². The zero-order valence-corrected chi connectivity index (χ0v) is 15.0. The van der Waals surface area contributed by atoms with Crippen molar-refractivity contribution < 1.29 is 5.11 Å². The summed E-state index contributed by atoms with van der Waals surface area (Å²) < 4.78 is 5.63. The van der Waals surface area contributed by atoms with Gasteiger partial charge in [0, 0.05) is 45.6 Å². The third-order valence-corrected chi connectivity index (χ3v) is 4.83. The molecule has 0 aliphatic carbocycles. The fourth-order valence-electron chi connectivity index (χ4n) is 3.34. The predicted molar refractivity (Wildman–Crippen MR) is 91.9 cm³/mol. The zero-order chi connectivity index (χ0) is 18.1. The summed E-state index contributed by atoms with van der Waals surface area (Å²) in [6.45, 7) is 6.30. The van der Waals surface area contributed by atoms with Gasteiger partial charge in [-0.2, -0.15) is 5.10 Å². The Morgan fingerprint density at radius 2 is 2.15 bits per heavy atom. The minimum Gasteiger partial charge on any atom is -0.379 e. The van der Waals surface area contributed by atoms with Gasteiger partial charge in [-0.3, -0.25) is 9.58 Å². The summed E-state index contributed by atoms with van der Waals surface area (Å²) >= 11 is 0. The van der Waals surface area contributed by atoms with E-state index in [1.165, 1.54) is 0 Å². The highest BCUT2D eigenvalue weighted by Crippen LogP contribution is 2.22. The molecule has 1 atom stereocenters. The molecule has 138 valence electrons. The summed E-state index contributed by atoms with van der Waals surface area (Å²) in [5.74, 6) is 1.45. The minimum absolute atomic E-state index is 0.606. The first-order chi connectivity index (χ1) is 12.6. The van der Waals surface area contributed by atoms with Gasteiger partial charge in [0.1, 0.15) is 11.6 Å². The van der Waals surface area contributed by atoms with E-state index in [1.807, 2.05) is 40.2 Å². The molecule has 0 saturated heterocycles. The Morgan fingerprint density at radius 3 is 2.88 bits per heavy atom. The Hall–Kier alpha value is -2.59. The molecule has 0 aromatic carbocycles. The monoisotopic (exact) mass is 357 g/mol. The number of aliphatic hydroxyl groups excluding tert-OH is 1. The minimum atomic E-state index is -0.802. The fourth-order valence-corrected chi connectivity index (χ4v) is 3.34. The number of aliphatic hydroxyl groups is 1. The van der Waals surface area contributed by atoms with Gasteiger partial charge in [0.15, 0.2) is 6.10 Å². The lowest BCUT2D eigenvalue weighted by atomic mass is 10.2. The molecule has 10 nitrogen and oxygen atoms in total. The number of rotatable bonds is 6. The summed E-state index contributed by atoms with van der Waals surface area (Å²) in [4.78, 5) is 6.62. The number of fused-ring (bicyclic) bond motifs is 1. The second-order valence-corrected chi connectivity index (χ2v) is 6.66. The quantitative estimate of drug-likeness (QED) is 0.657. The number of imidazole rings is 1. The Balaban J connectivity index is 1.37. The summed E-state index contributed by atoms with van der Waals surface area (Å²) in [6.07, 6.45) is 3.69. The van der Waals surface area contributed by atoms with Crippen LogP contribution in [-0.2, 0) is 26.7 Å². The van der Waals surface area contributed by atoms with Crippen LogP contribution in [0, 0.1) is 6.92 Å². The molecular weight excluding hydrogens is 334 g/mol. The maximum absolute atomic E-state index is 10.6. The van der Waals surface area contributed by atoms with Crippen LogP contribution in [0.3, 0.4) is 0 Å². The lowest BCUT2D eigenvalue weighted by Crippen LogP contribution is -2.34. The maximum atomic E-state index is 10.6. The summed E-state index contributed by atoms with van der Waals surface area (Å²) in [5, 5.41) is 26.7. The maximum Gasteiger partial charge on any atom is 0.155 e. The lowest BCUT2D eigenvalue weighted by molar-refractivity contribution is 0.195. The van der Waals surface area contributed by atoms with Crippen molar-refractivity contribution in [1.29, 1.82) is 0 Å². The van der Waals surface area contributed by atoms with E-state index in [-0.39, 0.29) is 0 Å². The molecule has 1 aliphatic heterocycles. The van der Waals surface area contributed by atoms with Gasteiger partial charge in [-0.25, -0.2) is 9.67 Å². The van der Waals surface area contributed by atoms with Crippen LogP contribution in [0.15, 0.2) is 18.5 Å². The number of tetrazole rings is 1. The van der Waals surface area contributed by atoms with Crippen molar-refractivity contribution in [3.05, 3.63) is 41.5 Å². The molecule has 0 saturated carbocycles. The molecular formula is C16H23N9O. The molecule has 10 heteroatoms. The molecule has 0 fully saturated rings. The first kappa shape index (κ1) is 16.9. The second kappa shape index (κ2) is 6.96. The highest BCUT2D eigenvalue weighted by Gasteiger charge is 2.23. The van der Waals surface area contributed by atoms with Crippen LogP contribution in [0.2, 0.25) is 0 Å². The number of aromatic nitrogens is 8. The van der Waals surface area contributed by atoms with Gasteiger partial charge in [-0.15, -0.1) is 5.10 Å². The van der Waals surface area contributed by atoms with Gasteiger partial charge in [0.05, 0.1) is 17.9 Å². The first-order valence-electron chi connectivity index (χ1n) is 8.79. The van der Waals surface area contributed by atoms with E-state index >= 15 is 0 Å². The molecule has 0 unspecified atom stereocenters. The predicted octanol–water partition coefficient (Wildman–Crippen LogP) is -0.101. The van der Waals surface area contributed by atoms with Crippen molar-refractivity contribution in [2.45, 2.75) is 39.1 Å². The van der Waals surface area contributed by atoms with Crippen LogP contribution in [0.4, 0.5) is 0 Å². The van der Waals surface area contributed by atoms with Crippen molar-refractivity contribution >= 4 is 0 Å². The topological polar surface area (TPSA) is 103 Å². The van der Waals surface area contributed by atoms with Gasteiger partial charge in [-0.1, -0.05) is 0 Å². The smallest absolute Gasteiger partial charge is 0.155 e. The standard InChI is InChI=1S/C16H23N9O/c1-12-18-20-21-24(12)6-3-5-23-8-9-25-13(11-23)10-14(19-25)15(26)16-17-4-7-22(16)2/h4,7,10,15,26H,3,5-6,8-9,11H2,1-2H3/t15-/m1/s1. The summed E-state index contributed by atoms with van der Waals surface area (Å²) in [7, 11) is 1.87. The molecule has 0 amide bonds. The fraction of sp³-hybridized carbons (Fsp3) is 0.562. The Kier molecular flexibility index (Phi) is 4.51. The molecule has 3 aromatic rings. The third-order valence-electron chi connectivity index (χ3n) is 4.83. The average Bonchev–Trinajstić information content (AvgIpc) is 3.34. The largest absolute Gasteiger partial charge is 0.379 e. The third kappa shape index (κ3) is 3.25. The Labute approximate surface area is 151 Å². The van der Waals surface area contributed by atoms with E-state index in [0.717, 1.165) is 50.7 Å². The van der Waals surface area contributed by atoms with Crippen molar-refractivity contribution in [1.82, 2.24) is 44.4 Å². The molecule has 1 aliphatic rings. The highest BCUT2D eigenvalue weighted by molar-refractivity contribution is 5.19. The highest BCUT2D eigenvalue weighted by atomic mass is 16.3. The number of nitrogens with zero attached hydrogens (tertiary/aromatic N) is 9. The van der Waals surface area contributed by atoms with Gasteiger partial charge in [-0.05, 0) is 29.8 Å². The lowest BCUT2D eigenvalue weighted by Gasteiger charge is -2.27. The van der Waals surface area contributed by atoms with Crippen LogP contribution in [-0.4, -0.2) is 62.6 Å². The summed E-state index contributed by atoms with van der Waals surface area (Å²) in [5.41, 5.74) is 1.78. The Bertz CT molecular complexity index is 880. The molecule has 0 radical (unpaired) electrons. The van der Waals surface area contributed by atoms with Crippen LogP contribution >= 0.6 is 0 Å². The number of hydrogen-bond donors (Lipinski definition) is 1. The normalized spacial score (nSPS) is 16.0. The van der Waals surface area contributed by atoms with Gasteiger partial charge in [0.25, 0.3) is 0 Å². The SMILES string of the molecule is Cc1nnnn1CCCN1CCn2nc([C@@H](O)c3nccn3C)cc2C1. The molecule has 4 rings (SSSR count). The van der Waals surface area contributed by atoms with E-state index < -0.39 is 6.10 Å². The van der Waals surface area contributed by atoms with Crippen LogP contribution in [0.1, 0.15) is 35.6 Å². The molecule has 26 heavy (non-hydrogen) atoms. The van der Waals surface area contributed by atoms with Crippen molar-refractivity contribution in [3.63, 3.8) is 0 Å². The van der Waals surface area contributed by atoms with Crippen molar-refractivity contribution in [3.8, 4) is 0 Å². The molecule has 1 N–H and O–H groups in total. The Morgan fingerprint density at radius 1 is 1.27 bits per heavy atom. The van der Waals surface area contributed by atoms with E-state index in [1.54, 1.807) is 6.20 Å². The van der Waals surface area contributed by atoms with Gasteiger partial charge < -0.3 is 9.67 Å². The van der Waals surface area contributed by atoms with Crippen LogP contribution in [0.5, 0.6) is 0 Å². The van der Waals surface area contributed by atoms with Gasteiger partial charge >= 0.3 is 0 Å². The van der Waals surface area contributed by atoms with E-state index in [9.17, 15) is 5.11 Å². The molecule has 0 spiro atoms. The zero-order valence-electron chi connectivity index (χ0n) is 15.0. The number of hydrogen-bond acceptors (Lipinski definition) is 7. The van der Waals surface area contributed by atoms with Crippen molar-refractivity contribution in [2.75, 3.05) is 13.1 Å². The molecule has 4 heterocycles. The van der Waals surface area contributed by atoms with E-state index in [0.29, 0.717) is 11.5 Å². The average molecular weight is 357 g/mol.